The first-order valence-electron chi connectivity index (χ1n) is 9.82. The van der Waals surface area contributed by atoms with E-state index in [9.17, 15) is 14.7 Å². The molecular formula is C22H31N3O4S. The van der Waals surface area contributed by atoms with E-state index < -0.39 is 5.60 Å². The molecule has 0 bridgehead atoms. The average Bonchev–Trinajstić information content (AvgIpc) is 2.92. The number of aliphatic hydroxyl groups excluding tert-OH is 1. The molecule has 7 nitrogen and oxygen atoms in total. The number of benzene rings is 1. The molecule has 0 aliphatic carbocycles. The highest BCUT2D eigenvalue weighted by Gasteiger charge is 2.34. The van der Waals surface area contributed by atoms with Gasteiger partial charge in [0.1, 0.15) is 17.1 Å². The Morgan fingerprint density at radius 1 is 1.30 bits per heavy atom. The lowest BCUT2D eigenvalue weighted by molar-refractivity contribution is -0.154. The highest BCUT2D eigenvalue weighted by Crippen LogP contribution is 2.27. The van der Waals surface area contributed by atoms with Gasteiger partial charge in [-0.2, -0.15) is 0 Å². The minimum absolute atomic E-state index is 0.0264. The molecule has 0 saturated heterocycles. The minimum Gasteiger partial charge on any atom is -0.460 e. The number of hydrogen-bond acceptors (Lipinski definition) is 7. The second kappa shape index (κ2) is 10.1. The Morgan fingerprint density at radius 2 is 1.93 bits per heavy atom. The van der Waals surface area contributed by atoms with Gasteiger partial charge in [0, 0.05) is 32.6 Å². The van der Waals surface area contributed by atoms with Crippen LogP contribution in [0.25, 0.3) is 6.08 Å². The van der Waals surface area contributed by atoms with Gasteiger partial charge < -0.3 is 14.7 Å². The molecule has 1 amide bonds. The van der Waals surface area contributed by atoms with Crippen molar-refractivity contribution < 1.29 is 19.4 Å². The smallest absolute Gasteiger partial charge is 0.307 e. The van der Waals surface area contributed by atoms with Crippen molar-refractivity contribution in [3.05, 3.63) is 35.5 Å². The molecular weight excluding hydrogens is 402 g/mol. The lowest BCUT2D eigenvalue weighted by atomic mass is 10.1. The monoisotopic (exact) mass is 433 g/mol. The molecule has 1 aliphatic rings. The highest BCUT2D eigenvalue weighted by atomic mass is 32.2. The van der Waals surface area contributed by atoms with Crippen molar-refractivity contribution >= 4 is 41.2 Å². The zero-order chi connectivity index (χ0) is 22.5. The van der Waals surface area contributed by atoms with Gasteiger partial charge in [0.15, 0.2) is 0 Å². The van der Waals surface area contributed by atoms with Crippen LogP contribution in [0.4, 0.5) is 5.69 Å². The maximum atomic E-state index is 12.7. The molecule has 1 heterocycles. The molecule has 30 heavy (non-hydrogen) atoms. The van der Waals surface area contributed by atoms with Crippen LogP contribution in [0, 0.1) is 0 Å². The Labute approximate surface area is 182 Å². The third kappa shape index (κ3) is 6.60. The molecule has 0 saturated carbocycles. The second-order valence-corrected chi connectivity index (χ2v) is 9.53. The maximum absolute atomic E-state index is 12.7. The van der Waals surface area contributed by atoms with Gasteiger partial charge in [-0.3, -0.25) is 14.5 Å². The van der Waals surface area contributed by atoms with Crippen LogP contribution >= 0.6 is 11.8 Å². The number of carbonyl (C=O) groups excluding carboxylic acids is 2. The number of amidine groups is 1. The third-order valence-electron chi connectivity index (χ3n) is 4.29. The molecule has 1 atom stereocenters. The molecule has 8 heteroatoms. The van der Waals surface area contributed by atoms with Gasteiger partial charge in [-0.05, 0) is 44.5 Å². The first-order chi connectivity index (χ1) is 14.0. The predicted molar refractivity (Wildman–Crippen MR) is 123 cm³/mol. The maximum Gasteiger partial charge on any atom is 0.307 e. The van der Waals surface area contributed by atoms with E-state index in [0.717, 1.165) is 11.3 Å². The molecule has 2 rings (SSSR count). The Morgan fingerprint density at radius 3 is 2.47 bits per heavy atom. The van der Waals surface area contributed by atoms with Crippen molar-refractivity contribution in [2.75, 3.05) is 38.4 Å². The van der Waals surface area contributed by atoms with Gasteiger partial charge in [0.2, 0.25) is 0 Å². The lowest BCUT2D eigenvalue weighted by Crippen LogP contribution is -2.37. The summed E-state index contributed by atoms with van der Waals surface area (Å²) in [5.74, 6) is 0.346. The van der Waals surface area contributed by atoms with E-state index in [1.165, 1.54) is 16.7 Å². The molecule has 1 aromatic rings. The summed E-state index contributed by atoms with van der Waals surface area (Å²) in [5, 5.41) is 8.85. The van der Waals surface area contributed by atoms with Crippen LogP contribution in [0.15, 0.2) is 35.0 Å². The zero-order valence-corrected chi connectivity index (χ0v) is 19.3. The van der Waals surface area contributed by atoms with Crippen LogP contribution in [0.2, 0.25) is 0 Å². The van der Waals surface area contributed by atoms with Gasteiger partial charge in [-0.25, -0.2) is 4.99 Å². The van der Waals surface area contributed by atoms with Gasteiger partial charge in [0.25, 0.3) is 5.91 Å². The van der Waals surface area contributed by atoms with E-state index >= 15 is 0 Å². The molecule has 0 spiro atoms. The van der Waals surface area contributed by atoms with Crippen LogP contribution < -0.4 is 4.90 Å². The predicted octanol–water partition coefficient (Wildman–Crippen LogP) is 2.79. The number of anilines is 1. The highest BCUT2D eigenvalue weighted by molar-refractivity contribution is 8.00. The van der Waals surface area contributed by atoms with Crippen LogP contribution in [0.5, 0.6) is 0 Å². The minimum atomic E-state index is -0.591. The zero-order valence-electron chi connectivity index (χ0n) is 18.5. The molecule has 1 aromatic carbocycles. The van der Waals surface area contributed by atoms with Crippen LogP contribution in [-0.4, -0.2) is 72.1 Å². The molecule has 1 unspecified atom stereocenters. The number of amides is 1. The van der Waals surface area contributed by atoms with E-state index in [0.29, 0.717) is 17.3 Å². The SMILES string of the molecule is CN1C(=O)/C(=C/c2ccc(N(C)C)cc2)N=C1C(CC(=O)OC(C)(C)C)SCCO. The van der Waals surface area contributed by atoms with Crippen molar-refractivity contribution in [2.45, 2.75) is 38.0 Å². The van der Waals surface area contributed by atoms with Crippen molar-refractivity contribution in [3.63, 3.8) is 0 Å². The summed E-state index contributed by atoms with van der Waals surface area (Å²) in [6.07, 6.45) is 1.82. The van der Waals surface area contributed by atoms with E-state index in [2.05, 4.69) is 4.99 Å². The first-order valence-corrected chi connectivity index (χ1v) is 10.9. The van der Waals surface area contributed by atoms with Gasteiger partial charge in [-0.15, -0.1) is 11.8 Å². The number of esters is 1. The summed E-state index contributed by atoms with van der Waals surface area (Å²) in [6, 6.07) is 7.81. The van der Waals surface area contributed by atoms with Crippen LogP contribution in [0.1, 0.15) is 32.8 Å². The Balaban J connectivity index is 2.26. The summed E-state index contributed by atoms with van der Waals surface area (Å²) < 4.78 is 5.43. The molecule has 0 fully saturated rings. The number of ether oxygens (including phenoxy) is 1. The van der Waals surface area contributed by atoms with E-state index in [4.69, 9.17) is 4.74 Å². The van der Waals surface area contributed by atoms with Gasteiger partial charge >= 0.3 is 5.97 Å². The Bertz CT molecular complexity index is 826. The average molecular weight is 434 g/mol. The lowest BCUT2D eigenvalue weighted by Gasteiger charge is -2.24. The topological polar surface area (TPSA) is 82.4 Å². The molecule has 1 N–H and O–H groups in total. The summed E-state index contributed by atoms with van der Waals surface area (Å²) in [7, 11) is 5.58. The van der Waals surface area contributed by atoms with Crippen LogP contribution in [0.3, 0.4) is 0 Å². The normalized spacial score (nSPS) is 16.6. The standard InChI is InChI=1S/C22H31N3O4S/c1-22(2,3)29-19(27)14-18(30-12-11-26)20-23-17(21(28)25(20)6)13-15-7-9-16(10-8-15)24(4)5/h7-10,13,18,26H,11-12,14H2,1-6H3/b17-13-. The summed E-state index contributed by atoms with van der Waals surface area (Å²) in [4.78, 5) is 33.1. The van der Waals surface area contributed by atoms with Gasteiger partial charge in [0.05, 0.1) is 18.3 Å². The summed E-state index contributed by atoms with van der Waals surface area (Å²) >= 11 is 1.38. The number of aliphatic hydroxyl groups is 1. The fourth-order valence-corrected chi connectivity index (χ4v) is 3.89. The molecule has 1 aliphatic heterocycles. The number of rotatable bonds is 8. The van der Waals surface area contributed by atoms with Gasteiger partial charge in [-0.1, -0.05) is 12.1 Å². The number of nitrogens with zero attached hydrogens (tertiary/aromatic N) is 3. The Hall–Kier alpha value is -2.32. The Kier molecular flexibility index (Phi) is 8.09. The first kappa shape index (κ1) is 24.0. The van der Waals surface area contributed by atoms with Crippen molar-refractivity contribution in [1.29, 1.82) is 0 Å². The van der Waals surface area contributed by atoms with Crippen molar-refractivity contribution in [1.82, 2.24) is 4.90 Å². The number of carbonyl (C=O) groups is 2. The van der Waals surface area contributed by atoms with E-state index in [1.807, 2.05) is 64.0 Å². The number of aliphatic imine (C=N–C) groups is 1. The third-order valence-corrected chi connectivity index (χ3v) is 5.48. The van der Waals surface area contributed by atoms with Crippen LogP contribution in [-0.2, 0) is 14.3 Å². The number of likely N-dealkylation sites (N-methyl/N-ethyl adjacent to an activating group) is 1. The van der Waals surface area contributed by atoms with E-state index in [-0.39, 0.29) is 30.2 Å². The molecule has 0 aromatic heterocycles. The summed E-state index contributed by atoms with van der Waals surface area (Å²) in [6.45, 7) is 5.41. The number of hydrogen-bond donors (Lipinski definition) is 1. The second-order valence-electron chi connectivity index (χ2n) is 8.22. The fourth-order valence-electron chi connectivity index (χ4n) is 2.88. The fraction of sp³-hybridized carbons (Fsp3) is 0.500. The molecule has 0 radical (unpaired) electrons. The number of thioether (sulfide) groups is 1. The largest absolute Gasteiger partial charge is 0.460 e. The van der Waals surface area contributed by atoms with E-state index in [1.54, 1.807) is 13.1 Å². The van der Waals surface area contributed by atoms with Crippen molar-refractivity contribution in [3.8, 4) is 0 Å². The molecule has 164 valence electrons. The summed E-state index contributed by atoms with van der Waals surface area (Å²) in [5.41, 5.74) is 1.67. The quantitative estimate of drug-likeness (QED) is 0.501. The van der Waals surface area contributed by atoms with Crippen molar-refractivity contribution in [2.24, 2.45) is 4.99 Å².